The molecule has 138 valence electrons. The minimum absolute atomic E-state index is 0.193. The van der Waals surface area contributed by atoms with Crippen LogP contribution in [0.25, 0.3) is 5.78 Å². The van der Waals surface area contributed by atoms with Crippen LogP contribution in [0.2, 0.25) is 0 Å². The number of nitrogens with zero attached hydrogens (tertiary/aromatic N) is 6. The number of rotatable bonds is 7. The number of ether oxygens (including phenoxy) is 1. The van der Waals surface area contributed by atoms with E-state index < -0.39 is 0 Å². The van der Waals surface area contributed by atoms with E-state index in [1.165, 1.54) is 6.33 Å². The highest BCUT2D eigenvalue weighted by atomic mass is 16.5. The fourth-order valence-corrected chi connectivity index (χ4v) is 2.79. The first-order valence-corrected chi connectivity index (χ1v) is 8.50. The Bertz CT molecular complexity index is 1010. The molecule has 1 N–H and O–H groups in total. The lowest BCUT2D eigenvalue weighted by atomic mass is 10.1. The minimum Gasteiger partial charge on any atom is -0.464 e. The zero-order valence-corrected chi connectivity index (χ0v) is 15.1. The molecule has 0 unspecified atom stereocenters. The summed E-state index contributed by atoms with van der Waals surface area (Å²) in [4.78, 5) is 24.6. The zero-order valence-electron chi connectivity index (χ0n) is 15.1. The maximum atomic E-state index is 12.0. The molecule has 3 rings (SSSR count). The molecule has 3 aromatic heterocycles. The van der Waals surface area contributed by atoms with Gasteiger partial charge in [-0.05, 0) is 38.0 Å². The first kappa shape index (κ1) is 18.3. The average Bonchev–Trinajstić information content (AvgIpc) is 3.14. The number of carbonyl (C=O) groups is 1. The number of aromatic nitrogens is 5. The summed E-state index contributed by atoms with van der Waals surface area (Å²) < 4.78 is 6.91. The molecule has 9 nitrogen and oxygen atoms in total. The van der Waals surface area contributed by atoms with Gasteiger partial charge in [-0.25, -0.2) is 14.5 Å². The van der Waals surface area contributed by atoms with Crippen molar-refractivity contribution in [3.05, 3.63) is 47.2 Å². The van der Waals surface area contributed by atoms with Gasteiger partial charge in [0.1, 0.15) is 24.8 Å². The summed E-state index contributed by atoms with van der Waals surface area (Å²) in [6.45, 7) is 4.40. The molecule has 0 saturated heterocycles. The lowest BCUT2D eigenvalue weighted by Gasteiger charge is -2.11. The van der Waals surface area contributed by atoms with E-state index >= 15 is 0 Å². The molecule has 0 bridgehead atoms. The minimum atomic E-state index is -0.296. The van der Waals surface area contributed by atoms with Gasteiger partial charge in [-0.1, -0.05) is 0 Å². The lowest BCUT2D eigenvalue weighted by Crippen LogP contribution is -2.16. The van der Waals surface area contributed by atoms with Gasteiger partial charge in [-0.15, -0.1) is 0 Å². The molecule has 0 saturated carbocycles. The number of carbonyl (C=O) groups excluding carboxylic acids is 1. The summed E-state index contributed by atoms with van der Waals surface area (Å²) in [6, 6.07) is 5.42. The number of aryl methyl sites for hydroxylation is 2. The molecule has 0 aliphatic rings. The Balaban J connectivity index is 1.48. The summed E-state index contributed by atoms with van der Waals surface area (Å²) >= 11 is 0. The first-order valence-electron chi connectivity index (χ1n) is 8.50. The van der Waals surface area contributed by atoms with Crippen LogP contribution in [0, 0.1) is 25.2 Å². The molecule has 3 heterocycles. The largest absolute Gasteiger partial charge is 0.464 e. The van der Waals surface area contributed by atoms with Crippen LogP contribution in [0.5, 0.6) is 0 Å². The van der Waals surface area contributed by atoms with Gasteiger partial charge in [0, 0.05) is 24.0 Å². The maximum absolute atomic E-state index is 12.0. The highest BCUT2D eigenvalue weighted by Gasteiger charge is 2.13. The van der Waals surface area contributed by atoms with Gasteiger partial charge < -0.3 is 10.1 Å². The summed E-state index contributed by atoms with van der Waals surface area (Å²) in [5.74, 6) is 0.735. The Hall–Kier alpha value is -3.54. The molecule has 0 aliphatic carbocycles. The van der Waals surface area contributed by atoms with Crippen LogP contribution in [0.3, 0.4) is 0 Å². The summed E-state index contributed by atoms with van der Waals surface area (Å²) in [7, 11) is 0. The number of nitrogens with one attached hydrogen (secondary N) is 1. The number of nitriles is 1. The fourth-order valence-electron chi connectivity index (χ4n) is 2.79. The third kappa shape index (κ3) is 4.17. The number of fused-ring (bicyclic) bond motifs is 1. The third-order valence-electron chi connectivity index (χ3n) is 4.15. The molecule has 0 aromatic carbocycles. The van der Waals surface area contributed by atoms with Crippen molar-refractivity contribution in [2.24, 2.45) is 0 Å². The number of pyridine rings is 1. The SMILES string of the molecule is Cc1nc2ncnn2c(C)c1CCC(=O)OCCNc1ncccc1C#N. The molecule has 0 amide bonds. The van der Waals surface area contributed by atoms with E-state index in [-0.39, 0.29) is 19.0 Å². The number of esters is 1. The third-order valence-corrected chi connectivity index (χ3v) is 4.15. The number of hydrogen-bond donors (Lipinski definition) is 1. The Morgan fingerprint density at radius 3 is 3.04 bits per heavy atom. The van der Waals surface area contributed by atoms with Crippen LogP contribution in [-0.4, -0.2) is 43.7 Å². The molecular formula is C18H19N7O2. The van der Waals surface area contributed by atoms with Crippen LogP contribution in [-0.2, 0) is 16.0 Å². The van der Waals surface area contributed by atoms with E-state index in [2.05, 4.69) is 31.4 Å². The smallest absolute Gasteiger partial charge is 0.306 e. The summed E-state index contributed by atoms with van der Waals surface area (Å²) in [5.41, 5.74) is 3.17. The van der Waals surface area contributed by atoms with Crippen molar-refractivity contribution >= 4 is 17.6 Å². The summed E-state index contributed by atoms with van der Waals surface area (Å²) in [6.07, 6.45) is 3.82. The fraction of sp³-hybridized carbons (Fsp3) is 0.333. The van der Waals surface area contributed by atoms with Crippen molar-refractivity contribution < 1.29 is 9.53 Å². The van der Waals surface area contributed by atoms with E-state index in [0.29, 0.717) is 30.1 Å². The summed E-state index contributed by atoms with van der Waals surface area (Å²) in [5, 5.41) is 16.1. The van der Waals surface area contributed by atoms with E-state index in [1.54, 1.807) is 22.8 Å². The second-order valence-electron chi connectivity index (χ2n) is 5.89. The normalized spacial score (nSPS) is 10.6. The van der Waals surface area contributed by atoms with Gasteiger partial charge in [0.25, 0.3) is 5.78 Å². The molecule has 0 atom stereocenters. The Labute approximate surface area is 156 Å². The second kappa shape index (κ2) is 8.23. The molecule has 9 heteroatoms. The van der Waals surface area contributed by atoms with Crippen molar-refractivity contribution in [3.63, 3.8) is 0 Å². The van der Waals surface area contributed by atoms with Gasteiger partial charge in [0.2, 0.25) is 0 Å². The van der Waals surface area contributed by atoms with Crippen LogP contribution < -0.4 is 5.32 Å². The predicted molar refractivity (Wildman–Crippen MR) is 97.0 cm³/mol. The van der Waals surface area contributed by atoms with Gasteiger partial charge in [-0.3, -0.25) is 4.79 Å². The van der Waals surface area contributed by atoms with E-state index in [0.717, 1.165) is 17.0 Å². The standard InChI is InChI=1S/C18H19N7O2/c1-12-15(13(2)25-18(24-12)22-11-23-25)5-6-16(26)27-9-8-21-17-14(10-19)4-3-7-20-17/h3-4,7,11H,5-6,8-9H2,1-2H3,(H,20,21). The first-order chi connectivity index (χ1) is 13.1. The molecule has 0 aliphatic heterocycles. The highest BCUT2D eigenvalue weighted by Crippen LogP contribution is 2.15. The Morgan fingerprint density at radius 1 is 1.37 bits per heavy atom. The highest BCUT2D eigenvalue weighted by molar-refractivity contribution is 5.69. The Kier molecular flexibility index (Phi) is 5.56. The molecule has 3 aromatic rings. The monoisotopic (exact) mass is 365 g/mol. The van der Waals surface area contributed by atoms with Crippen molar-refractivity contribution in [3.8, 4) is 6.07 Å². The number of hydrogen-bond acceptors (Lipinski definition) is 8. The molecule has 27 heavy (non-hydrogen) atoms. The molecule has 0 radical (unpaired) electrons. The topological polar surface area (TPSA) is 118 Å². The van der Waals surface area contributed by atoms with Crippen molar-refractivity contribution in [1.29, 1.82) is 5.26 Å². The molecule has 0 fully saturated rings. The van der Waals surface area contributed by atoms with Crippen molar-refractivity contribution in [2.45, 2.75) is 26.7 Å². The lowest BCUT2D eigenvalue weighted by molar-refractivity contribution is -0.143. The maximum Gasteiger partial charge on any atom is 0.306 e. The second-order valence-corrected chi connectivity index (χ2v) is 5.89. The van der Waals surface area contributed by atoms with Crippen LogP contribution in [0.4, 0.5) is 5.82 Å². The van der Waals surface area contributed by atoms with Gasteiger partial charge >= 0.3 is 5.97 Å². The van der Waals surface area contributed by atoms with E-state index in [1.807, 2.05) is 13.8 Å². The quantitative estimate of drug-likeness (QED) is 0.495. The van der Waals surface area contributed by atoms with E-state index in [9.17, 15) is 4.79 Å². The predicted octanol–water partition coefficient (Wildman–Crippen LogP) is 1.60. The van der Waals surface area contributed by atoms with Crippen molar-refractivity contribution in [2.75, 3.05) is 18.5 Å². The van der Waals surface area contributed by atoms with Crippen LogP contribution in [0.1, 0.15) is 28.9 Å². The van der Waals surface area contributed by atoms with Gasteiger partial charge in [0.05, 0.1) is 12.1 Å². The van der Waals surface area contributed by atoms with Gasteiger partial charge in [-0.2, -0.15) is 15.3 Å². The Morgan fingerprint density at radius 2 is 2.22 bits per heavy atom. The zero-order chi connectivity index (χ0) is 19.2. The van der Waals surface area contributed by atoms with Crippen molar-refractivity contribution in [1.82, 2.24) is 24.6 Å². The van der Waals surface area contributed by atoms with Crippen LogP contribution >= 0.6 is 0 Å². The van der Waals surface area contributed by atoms with Gasteiger partial charge in [0.15, 0.2) is 0 Å². The van der Waals surface area contributed by atoms with E-state index in [4.69, 9.17) is 10.00 Å². The molecule has 0 spiro atoms. The van der Waals surface area contributed by atoms with Crippen LogP contribution in [0.15, 0.2) is 24.7 Å². The molecular weight excluding hydrogens is 346 g/mol. The number of anilines is 1. The average molecular weight is 365 g/mol.